The maximum atomic E-state index is 13.0. The molecule has 166 valence electrons. The lowest BCUT2D eigenvalue weighted by atomic mass is 9.95. The van der Waals surface area contributed by atoms with Gasteiger partial charge in [0.1, 0.15) is 12.4 Å². The van der Waals surface area contributed by atoms with Crippen LogP contribution in [0.15, 0.2) is 54.1 Å². The summed E-state index contributed by atoms with van der Waals surface area (Å²) in [5.74, 6) is 0.541. The Balaban J connectivity index is 1.64. The first-order valence-electron chi connectivity index (χ1n) is 11.3. The molecule has 0 aliphatic heterocycles. The van der Waals surface area contributed by atoms with E-state index >= 15 is 0 Å². The van der Waals surface area contributed by atoms with Gasteiger partial charge in [-0.1, -0.05) is 61.7 Å². The van der Waals surface area contributed by atoms with Gasteiger partial charge in [-0.05, 0) is 43.6 Å². The number of hydrogen-bond acceptors (Lipinski definition) is 4. The van der Waals surface area contributed by atoms with E-state index in [1.54, 1.807) is 0 Å². The Morgan fingerprint density at radius 2 is 1.81 bits per heavy atom. The summed E-state index contributed by atoms with van der Waals surface area (Å²) in [4.78, 5) is 24.3. The first-order chi connectivity index (χ1) is 15.2. The number of carbonyl (C=O) groups excluding carboxylic acids is 2. The second-order valence-electron chi connectivity index (χ2n) is 8.13. The Morgan fingerprint density at radius 3 is 2.61 bits per heavy atom. The number of ether oxygens (including phenoxy) is 2. The quantitative estimate of drug-likeness (QED) is 0.319. The van der Waals surface area contributed by atoms with Gasteiger partial charge in [-0.3, -0.25) is 9.59 Å². The average Bonchev–Trinajstić information content (AvgIpc) is 2.81. The van der Waals surface area contributed by atoms with Gasteiger partial charge in [-0.25, -0.2) is 0 Å². The fourth-order valence-electron chi connectivity index (χ4n) is 4.01. The molecule has 2 aromatic carbocycles. The molecule has 1 fully saturated rings. The maximum Gasteiger partial charge on any atom is 0.305 e. The van der Waals surface area contributed by atoms with Crippen LogP contribution in [0.4, 0.5) is 0 Å². The van der Waals surface area contributed by atoms with Crippen LogP contribution >= 0.6 is 0 Å². The molecule has 0 radical (unpaired) electrons. The lowest BCUT2D eigenvalue weighted by Gasteiger charge is -2.23. The van der Waals surface area contributed by atoms with Crippen LogP contribution in [0.1, 0.15) is 57.8 Å². The Bertz CT molecular complexity index is 894. The molecule has 5 heteroatoms. The van der Waals surface area contributed by atoms with E-state index < -0.39 is 0 Å². The van der Waals surface area contributed by atoms with E-state index in [0.29, 0.717) is 12.0 Å². The minimum absolute atomic E-state index is 0.0416. The minimum Gasteiger partial charge on any atom is -0.488 e. The van der Waals surface area contributed by atoms with E-state index in [1.807, 2.05) is 36.4 Å². The third-order valence-electron chi connectivity index (χ3n) is 5.82. The van der Waals surface area contributed by atoms with Gasteiger partial charge in [0.15, 0.2) is 0 Å². The molecule has 5 nitrogen and oxygen atoms in total. The summed E-state index contributed by atoms with van der Waals surface area (Å²) in [6, 6.07) is 14.3. The summed E-state index contributed by atoms with van der Waals surface area (Å²) in [6.07, 6.45) is 10.3. The third kappa shape index (κ3) is 7.12. The first kappa shape index (κ1) is 22.9. The SMILES string of the molecule is COC(=O)CCCCC=C(COc1cccc2ccccc12)C(=O)NC1CCCCC1. The topological polar surface area (TPSA) is 64.6 Å². The number of nitrogens with one attached hydrogen (secondary N) is 1. The molecule has 1 N–H and O–H groups in total. The highest BCUT2D eigenvalue weighted by Crippen LogP contribution is 2.26. The van der Waals surface area contributed by atoms with Crippen molar-refractivity contribution in [3.05, 3.63) is 54.1 Å². The monoisotopic (exact) mass is 423 g/mol. The van der Waals surface area contributed by atoms with Crippen molar-refractivity contribution in [1.82, 2.24) is 5.32 Å². The van der Waals surface area contributed by atoms with Crippen LogP contribution in [0.25, 0.3) is 10.8 Å². The van der Waals surface area contributed by atoms with Gasteiger partial charge in [0.05, 0.1) is 12.7 Å². The Labute approximate surface area is 184 Å². The van der Waals surface area contributed by atoms with Gasteiger partial charge < -0.3 is 14.8 Å². The summed E-state index contributed by atoms with van der Waals surface area (Å²) in [7, 11) is 1.40. The van der Waals surface area contributed by atoms with Gasteiger partial charge in [0.25, 0.3) is 5.91 Å². The second-order valence-corrected chi connectivity index (χ2v) is 8.13. The van der Waals surface area contributed by atoms with Crippen molar-refractivity contribution >= 4 is 22.6 Å². The lowest BCUT2D eigenvalue weighted by Crippen LogP contribution is -2.38. The average molecular weight is 424 g/mol. The highest BCUT2D eigenvalue weighted by atomic mass is 16.5. The minimum atomic E-state index is -0.196. The van der Waals surface area contributed by atoms with E-state index in [2.05, 4.69) is 22.2 Å². The number of allylic oxidation sites excluding steroid dienone is 1. The smallest absolute Gasteiger partial charge is 0.305 e. The fraction of sp³-hybridized carbons (Fsp3) is 0.462. The molecule has 0 unspecified atom stereocenters. The number of benzene rings is 2. The number of unbranched alkanes of at least 4 members (excludes halogenated alkanes) is 2. The zero-order valence-electron chi connectivity index (χ0n) is 18.4. The molecular weight excluding hydrogens is 390 g/mol. The van der Waals surface area contributed by atoms with Crippen molar-refractivity contribution in [3.8, 4) is 5.75 Å². The molecule has 31 heavy (non-hydrogen) atoms. The van der Waals surface area contributed by atoms with Gasteiger partial charge in [0.2, 0.25) is 0 Å². The molecule has 1 saturated carbocycles. The van der Waals surface area contributed by atoms with Crippen molar-refractivity contribution < 1.29 is 19.1 Å². The number of carbonyl (C=O) groups is 2. The molecule has 1 amide bonds. The Hall–Kier alpha value is -2.82. The van der Waals surface area contributed by atoms with Crippen LogP contribution in [0.5, 0.6) is 5.75 Å². The molecule has 0 saturated heterocycles. The van der Waals surface area contributed by atoms with Crippen LogP contribution in [0.3, 0.4) is 0 Å². The van der Waals surface area contributed by atoms with Crippen LogP contribution in [-0.2, 0) is 14.3 Å². The number of amides is 1. The summed E-state index contributed by atoms with van der Waals surface area (Å²) in [5.41, 5.74) is 0.650. The Kier molecular flexibility index (Phi) is 8.95. The maximum absolute atomic E-state index is 13.0. The van der Waals surface area contributed by atoms with Crippen LogP contribution in [0, 0.1) is 0 Å². The van der Waals surface area contributed by atoms with Crippen molar-refractivity contribution in [1.29, 1.82) is 0 Å². The largest absolute Gasteiger partial charge is 0.488 e. The van der Waals surface area contributed by atoms with Crippen molar-refractivity contribution in [3.63, 3.8) is 0 Å². The number of hydrogen-bond donors (Lipinski definition) is 1. The van der Waals surface area contributed by atoms with Gasteiger partial charge >= 0.3 is 5.97 Å². The first-order valence-corrected chi connectivity index (χ1v) is 11.3. The zero-order chi connectivity index (χ0) is 21.9. The van der Waals surface area contributed by atoms with Gasteiger partial charge in [-0.2, -0.15) is 0 Å². The van der Waals surface area contributed by atoms with Crippen LogP contribution < -0.4 is 10.1 Å². The Morgan fingerprint density at radius 1 is 1.03 bits per heavy atom. The number of fused-ring (bicyclic) bond motifs is 1. The zero-order valence-corrected chi connectivity index (χ0v) is 18.4. The second kappa shape index (κ2) is 12.1. The van der Waals surface area contributed by atoms with E-state index in [4.69, 9.17) is 4.74 Å². The summed E-state index contributed by atoms with van der Waals surface area (Å²) in [6.45, 7) is 0.226. The van der Waals surface area contributed by atoms with E-state index in [0.717, 1.165) is 48.6 Å². The van der Waals surface area contributed by atoms with E-state index in [9.17, 15) is 9.59 Å². The molecule has 0 spiro atoms. The predicted molar refractivity (Wildman–Crippen MR) is 123 cm³/mol. The van der Waals surface area contributed by atoms with Crippen molar-refractivity contribution in [2.45, 2.75) is 63.8 Å². The molecule has 0 aromatic heterocycles. The molecule has 0 heterocycles. The highest BCUT2D eigenvalue weighted by molar-refractivity contribution is 5.94. The standard InChI is InChI=1S/C26H33NO4/c1-30-25(28)18-7-2-4-12-21(26(29)27-22-14-5-3-6-15-22)19-31-24-17-10-13-20-11-8-9-16-23(20)24/h8-13,16-17,22H,2-7,14-15,18-19H2,1H3,(H,27,29). The summed E-state index contributed by atoms with van der Waals surface area (Å²) >= 11 is 0. The number of esters is 1. The normalized spacial score (nSPS) is 14.9. The highest BCUT2D eigenvalue weighted by Gasteiger charge is 2.18. The summed E-state index contributed by atoms with van der Waals surface area (Å²) < 4.78 is 10.8. The number of rotatable bonds is 10. The van der Waals surface area contributed by atoms with E-state index in [-0.39, 0.29) is 24.5 Å². The van der Waals surface area contributed by atoms with Crippen molar-refractivity contribution in [2.24, 2.45) is 0 Å². The molecule has 2 aromatic rings. The van der Waals surface area contributed by atoms with Gasteiger partial charge in [0, 0.05) is 17.8 Å². The molecule has 0 bridgehead atoms. The molecular formula is C26H33NO4. The number of methoxy groups -OCH3 is 1. The molecule has 1 aliphatic carbocycles. The lowest BCUT2D eigenvalue weighted by molar-refractivity contribution is -0.140. The predicted octanol–water partition coefficient (Wildman–Crippen LogP) is 5.33. The van der Waals surface area contributed by atoms with Crippen LogP contribution in [0.2, 0.25) is 0 Å². The summed E-state index contributed by atoms with van der Waals surface area (Å²) in [5, 5.41) is 5.35. The van der Waals surface area contributed by atoms with Crippen molar-refractivity contribution in [2.75, 3.05) is 13.7 Å². The third-order valence-corrected chi connectivity index (χ3v) is 5.82. The van der Waals surface area contributed by atoms with E-state index in [1.165, 1.54) is 26.4 Å². The fourth-order valence-corrected chi connectivity index (χ4v) is 4.01. The molecule has 0 atom stereocenters. The van der Waals surface area contributed by atoms with Crippen LogP contribution in [-0.4, -0.2) is 31.6 Å². The molecule has 3 rings (SSSR count). The van der Waals surface area contributed by atoms with Gasteiger partial charge in [-0.15, -0.1) is 0 Å². The molecule has 1 aliphatic rings.